The maximum atomic E-state index is 2.50. The molecule has 0 N–H and O–H groups in total. The van der Waals surface area contributed by atoms with E-state index in [9.17, 15) is 0 Å². The van der Waals surface area contributed by atoms with Crippen LogP contribution in [0.4, 0.5) is 17.1 Å². The van der Waals surface area contributed by atoms with Crippen molar-refractivity contribution in [3.05, 3.63) is 185 Å². The molecule has 2 aliphatic carbocycles. The van der Waals surface area contributed by atoms with Crippen molar-refractivity contribution >= 4 is 17.1 Å². The van der Waals surface area contributed by atoms with Crippen LogP contribution in [0.5, 0.6) is 0 Å². The highest BCUT2D eigenvalue weighted by atomic mass is 15.1. The van der Waals surface area contributed by atoms with E-state index < -0.39 is 0 Å². The summed E-state index contributed by atoms with van der Waals surface area (Å²) in [5.74, 6) is 0. The third kappa shape index (κ3) is 5.58. The molecular formula is C54H51N. The summed E-state index contributed by atoms with van der Waals surface area (Å²) in [6.07, 6.45) is 0. The van der Waals surface area contributed by atoms with E-state index >= 15 is 0 Å². The Morgan fingerprint density at radius 1 is 0.382 bits per heavy atom. The summed E-state index contributed by atoms with van der Waals surface area (Å²) in [4.78, 5) is 2.44. The van der Waals surface area contributed by atoms with Crippen molar-refractivity contribution in [1.82, 2.24) is 0 Å². The molecule has 9 rings (SSSR count). The van der Waals surface area contributed by atoms with Crippen molar-refractivity contribution in [2.24, 2.45) is 0 Å². The van der Waals surface area contributed by atoms with Gasteiger partial charge in [0.05, 0.1) is 0 Å². The lowest BCUT2D eigenvalue weighted by Crippen LogP contribution is -2.18. The molecule has 0 spiro atoms. The van der Waals surface area contributed by atoms with E-state index in [4.69, 9.17) is 0 Å². The molecule has 0 amide bonds. The number of fused-ring (bicyclic) bond motifs is 6. The predicted molar refractivity (Wildman–Crippen MR) is 235 cm³/mol. The Morgan fingerprint density at radius 2 is 0.764 bits per heavy atom. The topological polar surface area (TPSA) is 3.24 Å². The molecule has 55 heavy (non-hydrogen) atoms. The molecule has 0 unspecified atom stereocenters. The van der Waals surface area contributed by atoms with Crippen molar-refractivity contribution in [3.8, 4) is 44.5 Å². The van der Waals surface area contributed by atoms with E-state index in [0.717, 1.165) is 17.1 Å². The van der Waals surface area contributed by atoms with Gasteiger partial charge in [0.15, 0.2) is 0 Å². The Kier molecular flexibility index (Phi) is 7.93. The van der Waals surface area contributed by atoms with Crippen LogP contribution in [-0.2, 0) is 16.2 Å². The third-order valence-corrected chi connectivity index (χ3v) is 12.5. The Bertz CT molecular complexity index is 2450. The number of aryl methyl sites for hydroxylation is 2. The summed E-state index contributed by atoms with van der Waals surface area (Å²) in [5, 5.41) is 0. The third-order valence-electron chi connectivity index (χ3n) is 12.5. The first-order chi connectivity index (χ1) is 26.2. The molecule has 0 saturated carbocycles. The second kappa shape index (κ2) is 12.4. The van der Waals surface area contributed by atoms with Crippen LogP contribution in [0.1, 0.15) is 87.4 Å². The predicted octanol–water partition coefficient (Wildman–Crippen LogP) is 15.0. The summed E-state index contributed by atoms with van der Waals surface area (Å²) >= 11 is 0. The standard InChI is InChI=1S/C54H51N/c1-34-18-24-38(25-19-34)55(39-26-20-35(2)21-27-39)40-32-45(36-22-28-43-41-14-10-12-16-47(41)53(6,7)49(43)30-36)51(52(3,4)5)46(33-40)37-23-29-44-42-15-11-13-17-48(42)54(8,9)50(44)31-37/h10-33H,1-9H3. The highest BCUT2D eigenvalue weighted by Crippen LogP contribution is 2.54. The molecule has 7 aromatic carbocycles. The lowest BCUT2D eigenvalue weighted by atomic mass is 9.75. The number of benzene rings is 7. The van der Waals surface area contributed by atoms with Gasteiger partial charge in [0.25, 0.3) is 0 Å². The smallest absolute Gasteiger partial charge is 0.0474 e. The highest BCUT2D eigenvalue weighted by Gasteiger charge is 2.38. The largest absolute Gasteiger partial charge is 0.310 e. The van der Waals surface area contributed by atoms with Crippen LogP contribution in [-0.4, -0.2) is 0 Å². The molecule has 1 heteroatoms. The molecule has 2 aliphatic rings. The maximum absolute atomic E-state index is 2.50. The molecule has 0 saturated heterocycles. The first-order valence-corrected chi connectivity index (χ1v) is 19.8. The van der Waals surface area contributed by atoms with Crippen LogP contribution in [0, 0.1) is 13.8 Å². The normalized spacial score (nSPS) is 14.6. The molecule has 7 aromatic rings. The summed E-state index contributed by atoms with van der Waals surface area (Å²) in [6, 6.07) is 55.3. The summed E-state index contributed by atoms with van der Waals surface area (Å²) in [6.45, 7) is 21.0. The molecule has 0 fully saturated rings. The van der Waals surface area contributed by atoms with E-state index in [1.807, 2.05) is 0 Å². The Labute approximate surface area is 328 Å². The van der Waals surface area contributed by atoms with Gasteiger partial charge in [-0.3, -0.25) is 0 Å². The minimum absolute atomic E-state index is 0.0965. The van der Waals surface area contributed by atoms with Gasteiger partial charge in [-0.25, -0.2) is 0 Å². The second-order valence-electron chi connectivity index (χ2n) is 18.0. The van der Waals surface area contributed by atoms with Crippen LogP contribution in [0.15, 0.2) is 146 Å². The van der Waals surface area contributed by atoms with Crippen LogP contribution in [0.25, 0.3) is 44.5 Å². The molecule has 0 bridgehead atoms. The molecule has 1 nitrogen and oxygen atoms in total. The SMILES string of the molecule is Cc1ccc(N(c2ccc(C)cc2)c2cc(-c3ccc4c(c3)C(C)(C)c3ccccc3-4)c(C(C)(C)C)c(-c3ccc4c(c3)C(C)(C)c3ccccc3-4)c2)cc1. The lowest BCUT2D eigenvalue weighted by molar-refractivity contribution is 0.593. The molecule has 0 aliphatic heterocycles. The lowest BCUT2D eigenvalue weighted by Gasteiger charge is -2.32. The average molecular weight is 714 g/mol. The zero-order valence-corrected chi connectivity index (χ0v) is 33.8. The quantitative estimate of drug-likeness (QED) is 0.172. The van der Waals surface area contributed by atoms with Gasteiger partial charge in [-0.2, -0.15) is 0 Å². The Balaban J connectivity index is 1.34. The zero-order chi connectivity index (χ0) is 38.4. The summed E-state index contributed by atoms with van der Waals surface area (Å²) < 4.78 is 0. The van der Waals surface area contributed by atoms with Gasteiger partial charge in [-0.1, -0.05) is 157 Å². The fourth-order valence-corrected chi connectivity index (χ4v) is 9.60. The van der Waals surface area contributed by atoms with Crippen molar-refractivity contribution < 1.29 is 0 Å². The van der Waals surface area contributed by atoms with Gasteiger partial charge >= 0.3 is 0 Å². The fourth-order valence-electron chi connectivity index (χ4n) is 9.60. The molecule has 0 aromatic heterocycles. The van der Waals surface area contributed by atoms with Gasteiger partial charge in [0.1, 0.15) is 0 Å². The molecular weight excluding hydrogens is 663 g/mol. The zero-order valence-electron chi connectivity index (χ0n) is 33.8. The van der Waals surface area contributed by atoms with Crippen LogP contribution >= 0.6 is 0 Å². The second-order valence-corrected chi connectivity index (χ2v) is 18.0. The molecule has 0 atom stereocenters. The number of hydrogen-bond donors (Lipinski definition) is 0. The minimum Gasteiger partial charge on any atom is -0.310 e. The summed E-state index contributed by atoms with van der Waals surface area (Å²) in [5.41, 5.74) is 23.0. The number of anilines is 3. The van der Waals surface area contributed by atoms with E-state index in [0.29, 0.717) is 0 Å². The van der Waals surface area contributed by atoms with Crippen LogP contribution in [0.2, 0.25) is 0 Å². The number of hydrogen-bond acceptors (Lipinski definition) is 1. The van der Waals surface area contributed by atoms with Crippen molar-refractivity contribution in [2.45, 2.75) is 78.6 Å². The van der Waals surface area contributed by atoms with Gasteiger partial charge < -0.3 is 4.90 Å². The van der Waals surface area contributed by atoms with Gasteiger partial charge in [-0.05, 0) is 140 Å². The summed E-state index contributed by atoms with van der Waals surface area (Å²) in [7, 11) is 0. The van der Waals surface area contributed by atoms with E-state index in [1.165, 1.54) is 83.5 Å². The molecule has 0 radical (unpaired) electrons. The Hall–Kier alpha value is -5.66. The highest BCUT2D eigenvalue weighted by molar-refractivity contribution is 5.92. The monoisotopic (exact) mass is 713 g/mol. The van der Waals surface area contributed by atoms with Crippen molar-refractivity contribution in [3.63, 3.8) is 0 Å². The number of nitrogens with zero attached hydrogens (tertiary/aromatic N) is 1. The molecule has 0 heterocycles. The van der Waals surface area contributed by atoms with Crippen molar-refractivity contribution in [1.29, 1.82) is 0 Å². The first-order valence-electron chi connectivity index (χ1n) is 19.8. The maximum Gasteiger partial charge on any atom is 0.0474 e. The average Bonchev–Trinajstić information content (AvgIpc) is 3.54. The Morgan fingerprint density at radius 3 is 1.16 bits per heavy atom. The van der Waals surface area contributed by atoms with E-state index in [1.54, 1.807) is 0 Å². The van der Waals surface area contributed by atoms with Gasteiger partial charge in [-0.15, -0.1) is 0 Å². The minimum atomic E-state index is -0.156. The van der Waals surface area contributed by atoms with E-state index in [2.05, 4.69) is 213 Å². The van der Waals surface area contributed by atoms with Gasteiger partial charge in [0, 0.05) is 27.9 Å². The van der Waals surface area contributed by atoms with Crippen molar-refractivity contribution in [2.75, 3.05) is 4.90 Å². The van der Waals surface area contributed by atoms with Gasteiger partial charge in [0.2, 0.25) is 0 Å². The molecule has 272 valence electrons. The van der Waals surface area contributed by atoms with Crippen LogP contribution < -0.4 is 4.90 Å². The first kappa shape index (κ1) is 35.1. The fraction of sp³-hybridized carbons (Fsp3) is 0.222. The van der Waals surface area contributed by atoms with Crippen LogP contribution in [0.3, 0.4) is 0 Å². The van der Waals surface area contributed by atoms with E-state index in [-0.39, 0.29) is 16.2 Å². The number of rotatable bonds is 5.